The van der Waals surface area contributed by atoms with E-state index in [1.165, 1.54) is 143 Å². The third-order valence-electron chi connectivity index (χ3n) is 16.4. The molecule has 0 bridgehead atoms. The van der Waals surface area contributed by atoms with E-state index in [9.17, 15) is 0 Å². The molecule has 0 N–H and O–H groups in total. The molecule has 6 nitrogen and oxygen atoms in total. The lowest BCUT2D eigenvalue weighted by Gasteiger charge is -2.20. The fourth-order valence-corrected chi connectivity index (χ4v) is 17.2. The number of unbranched alkanes of at least 4 members (excludes halogenated alkanes) is 17. The number of ether oxygens (including phenoxy) is 2. The number of hydrogen-bond acceptors (Lipinski definition) is 12. The van der Waals surface area contributed by atoms with Crippen molar-refractivity contribution < 1.29 is 18.3 Å². The van der Waals surface area contributed by atoms with Crippen LogP contribution in [0.4, 0.5) is 8.78 Å². The van der Waals surface area contributed by atoms with Crippen LogP contribution in [0.5, 0.6) is 11.5 Å². The van der Waals surface area contributed by atoms with E-state index in [4.69, 9.17) is 27.0 Å². The van der Waals surface area contributed by atoms with Gasteiger partial charge in [-0.05, 0) is 118 Å². The second kappa shape index (κ2) is 34.3. The number of thiophene rings is 4. The molecule has 0 amide bonds. The van der Waals surface area contributed by atoms with Gasteiger partial charge in [-0.15, -0.1) is 45.3 Å². The summed E-state index contributed by atoms with van der Waals surface area (Å²) < 4.78 is 68.8. The monoisotopic (exact) mass is 1250 g/mol. The number of aryl methyl sites for hydroxylation is 2. The molecule has 0 saturated heterocycles. The Morgan fingerprint density at radius 3 is 1.50 bits per heavy atom. The van der Waals surface area contributed by atoms with Crippen LogP contribution in [-0.4, -0.2) is 30.7 Å². The molecule has 6 heterocycles. The molecule has 0 aliphatic rings. The second-order valence-corrected chi connectivity index (χ2v) is 28.8. The molecule has 0 spiro atoms. The van der Waals surface area contributed by atoms with E-state index in [2.05, 4.69) is 109 Å². The Labute approximate surface area is 525 Å². The Bertz CT molecular complexity index is 3400. The van der Waals surface area contributed by atoms with Crippen LogP contribution in [0.25, 0.3) is 73.6 Å². The van der Waals surface area contributed by atoms with Gasteiger partial charge in [-0.25, -0.2) is 8.78 Å². The van der Waals surface area contributed by atoms with Gasteiger partial charge in [-0.1, -0.05) is 187 Å². The van der Waals surface area contributed by atoms with Crippen LogP contribution in [0, 0.1) is 37.3 Å². The van der Waals surface area contributed by atoms with Gasteiger partial charge in [0.15, 0.2) is 23.1 Å². The van der Waals surface area contributed by atoms with E-state index in [1.54, 1.807) is 34.0 Å². The van der Waals surface area contributed by atoms with E-state index in [0.717, 1.165) is 127 Å². The maximum Gasteiger partial charge on any atom is 0.172 e. The summed E-state index contributed by atoms with van der Waals surface area (Å²) in [6, 6.07) is 12.9. The van der Waals surface area contributed by atoms with Gasteiger partial charge in [-0.2, -0.15) is 17.5 Å². The van der Waals surface area contributed by atoms with Crippen molar-refractivity contribution >= 4 is 90.9 Å². The van der Waals surface area contributed by atoms with Crippen LogP contribution < -0.4 is 9.47 Å². The standard InChI is InChI=1S/C70H90F2N4O2S6/c1-9-15-21-25-27-31-41-77-68-60(53-38-37-47(7)79-53)66-67(76-84-75-66)61(69(68)78-42-32-28-26-22-16-10-2)54-39-40-55(81-54)70-52(44-50(34-20-14-6)36-30-24-18-12-4)46-57(82-70)59-63(72)62(71)58(64-65(59)74-83-73-64)56-45-51(48(8)80-56)43-49(33-19-13-5)35-29-23-17-11-3/h34,37-40,45-46,49-50H,6,9-13,15-19,21-33,35-36,41-44H2,1-5,7-8H3. The molecule has 8 aromatic rings. The van der Waals surface area contributed by atoms with Crippen LogP contribution in [0.3, 0.4) is 0 Å². The predicted molar refractivity (Wildman–Crippen MR) is 363 cm³/mol. The molecule has 0 aliphatic heterocycles. The molecule has 452 valence electrons. The minimum atomic E-state index is -0.883. The summed E-state index contributed by atoms with van der Waals surface area (Å²) >= 11 is 8.71. The average molecular weight is 1250 g/mol. The van der Waals surface area contributed by atoms with E-state index in [1.807, 2.05) is 0 Å². The first kappa shape index (κ1) is 65.6. The van der Waals surface area contributed by atoms with Crippen molar-refractivity contribution in [1.29, 1.82) is 0 Å². The summed E-state index contributed by atoms with van der Waals surface area (Å²) in [6.45, 7) is 20.5. The average Bonchev–Trinajstić information content (AvgIpc) is 2.30. The third kappa shape index (κ3) is 17.0. The van der Waals surface area contributed by atoms with Crippen molar-refractivity contribution in [2.45, 2.75) is 222 Å². The molecule has 0 radical (unpaired) electrons. The molecule has 0 aliphatic carbocycles. The number of nitrogens with zero attached hydrogens (tertiary/aromatic N) is 4. The number of fused-ring (bicyclic) bond motifs is 2. The normalized spacial score (nSPS) is 12.4. The van der Waals surface area contributed by atoms with Gasteiger partial charge in [0.1, 0.15) is 22.1 Å². The van der Waals surface area contributed by atoms with Gasteiger partial charge >= 0.3 is 0 Å². The lowest BCUT2D eigenvalue weighted by Crippen LogP contribution is -2.06. The van der Waals surface area contributed by atoms with Gasteiger partial charge in [0.05, 0.1) is 58.9 Å². The van der Waals surface area contributed by atoms with Crippen LogP contribution in [0.2, 0.25) is 0 Å². The zero-order valence-electron chi connectivity index (χ0n) is 51.2. The first-order valence-electron chi connectivity index (χ1n) is 31.9. The van der Waals surface area contributed by atoms with Crippen molar-refractivity contribution in [3.05, 3.63) is 93.0 Å². The Kier molecular flexibility index (Phi) is 26.8. The summed E-state index contributed by atoms with van der Waals surface area (Å²) in [4.78, 5) is 7.80. The molecule has 0 saturated carbocycles. The smallest absolute Gasteiger partial charge is 0.172 e. The van der Waals surface area contributed by atoms with Crippen LogP contribution in [0.1, 0.15) is 216 Å². The number of allylic oxidation sites excluding steroid dienone is 1. The van der Waals surface area contributed by atoms with Gasteiger partial charge in [-0.3, -0.25) is 0 Å². The molecular formula is C70H90F2N4O2S6. The highest BCUT2D eigenvalue weighted by Gasteiger charge is 2.32. The van der Waals surface area contributed by atoms with E-state index >= 15 is 8.78 Å². The third-order valence-corrected chi connectivity index (χ3v) is 22.0. The van der Waals surface area contributed by atoms with Crippen LogP contribution in [0.15, 0.2) is 60.5 Å². The first-order chi connectivity index (χ1) is 41.1. The van der Waals surface area contributed by atoms with Crippen LogP contribution >= 0.6 is 68.8 Å². The Morgan fingerprint density at radius 1 is 0.488 bits per heavy atom. The Hall–Kier alpha value is -4.36. The number of rotatable bonds is 39. The molecule has 84 heavy (non-hydrogen) atoms. The minimum absolute atomic E-state index is 0.123. The van der Waals surface area contributed by atoms with Crippen molar-refractivity contribution in [1.82, 2.24) is 17.5 Å². The highest BCUT2D eigenvalue weighted by molar-refractivity contribution is 7.25. The Balaban J connectivity index is 1.24. The molecule has 6 aromatic heterocycles. The zero-order chi connectivity index (χ0) is 59.2. The molecule has 2 aromatic carbocycles. The fraction of sp³-hybridized carbons (Fsp3) is 0.543. The number of benzene rings is 2. The number of aromatic nitrogens is 4. The second-order valence-electron chi connectivity index (χ2n) is 23.0. The molecular weight excluding hydrogens is 1160 g/mol. The summed E-state index contributed by atoms with van der Waals surface area (Å²) in [5, 5.41) is 0. The van der Waals surface area contributed by atoms with Crippen molar-refractivity contribution in [3.63, 3.8) is 0 Å². The van der Waals surface area contributed by atoms with Crippen LogP contribution in [-0.2, 0) is 12.8 Å². The zero-order valence-corrected chi connectivity index (χ0v) is 56.1. The lowest BCUT2D eigenvalue weighted by atomic mass is 9.89. The fourth-order valence-electron chi connectivity index (χ4n) is 11.7. The molecule has 14 heteroatoms. The Morgan fingerprint density at radius 2 is 0.952 bits per heavy atom. The highest BCUT2D eigenvalue weighted by Crippen LogP contribution is 2.55. The first-order valence-corrected chi connectivity index (χ1v) is 36.6. The van der Waals surface area contributed by atoms with E-state index in [-0.39, 0.29) is 17.0 Å². The quantitative estimate of drug-likeness (QED) is 0.0282. The van der Waals surface area contributed by atoms with Gasteiger partial charge in [0.25, 0.3) is 0 Å². The summed E-state index contributed by atoms with van der Waals surface area (Å²) in [5.41, 5.74) is 13.0. The highest BCUT2D eigenvalue weighted by atomic mass is 32.1. The SMILES string of the molecule is C=C=C=CC(CCCCCC)Cc1cc(-c2c(F)c(F)c(-c3cc(CC(CCCC)CCCCCC)c(C)s3)c3nsnc23)sc1-c1ccc(-c2c(OCCCCCCCC)c(OCCCCCCCC)c(-c3ccc(C)s3)c3nsnc23)s1. The van der Waals surface area contributed by atoms with Gasteiger partial charge in [0, 0.05) is 39.0 Å². The maximum absolute atomic E-state index is 17.6. The molecule has 0 fully saturated rings. The van der Waals surface area contributed by atoms with Crippen molar-refractivity contribution in [3.8, 4) is 63.0 Å². The molecule has 2 unspecified atom stereocenters. The molecule has 2 atom stereocenters. The lowest BCUT2D eigenvalue weighted by molar-refractivity contribution is 0.260. The minimum Gasteiger partial charge on any atom is -0.489 e. The van der Waals surface area contributed by atoms with Gasteiger partial charge < -0.3 is 9.47 Å². The summed E-state index contributed by atoms with van der Waals surface area (Å²) in [7, 11) is 0. The predicted octanol–water partition coefficient (Wildman–Crippen LogP) is 24.6. The largest absolute Gasteiger partial charge is 0.489 e. The summed E-state index contributed by atoms with van der Waals surface area (Å²) in [5.74, 6) is 0.389. The maximum atomic E-state index is 17.6. The number of halogens is 2. The van der Waals surface area contributed by atoms with E-state index in [0.29, 0.717) is 52.1 Å². The number of hydrogen-bond donors (Lipinski definition) is 0. The topological polar surface area (TPSA) is 70.0 Å². The van der Waals surface area contributed by atoms with Crippen molar-refractivity contribution in [2.75, 3.05) is 13.2 Å². The van der Waals surface area contributed by atoms with Crippen molar-refractivity contribution in [2.24, 2.45) is 11.8 Å². The molecule has 8 rings (SSSR count). The summed E-state index contributed by atoms with van der Waals surface area (Å²) in [6.07, 6.45) is 32.7. The van der Waals surface area contributed by atoms with Gasteiger partial charge in [0.2, 0.25) is 0 Å². The van der Waals surface area contributed by atoms with E-state index < -0.39 is 11.6 Å².